The van der Waals surface area contributed by atoms with Crippen molar-refractivity contribution in [2.75, 3.05) is 7.05 Å². The van der Waals surface area contributed by atoms with E-state index < -0.39 is 0 Å². The summed E-state index contributed by atoms with van der Waals surface area (Å²) in [5.41, 5.74) is 12.5. The van der Waals surface area contributed by atoms with Gasteiger partial charge in [-0.25, -0.2) is 9.98 Å². The largest absolute Gasteiger partial charge is 0.456 e. The number of aliphatic imine (C=N–C) groups is 2. The van der Waals surface area contributed by atoms with Gasteiger partial charge in [0.05, 0.1) is 0 Å². The Kier molecular flexibility index (Phi) is 7.94. The topological polar surface area (TPSA) is 54.2 Å². The molecule has 5 nitrogen and oxygen atoms in total. The molecule has 2 atom stereocenters. The van der Waals surface area contributed by atoms with Crippen LogP contribution in [0.25, 0.3) is 93.8 Å². The van der Waals surface area contributed by atoms with Gasteiger partial charge < -0.3 is 13.7 Å². The highest BCUT2D eigenvalue weighted by molar-refractivity contribution is 6.22. The Morgan fingerprint density at radius 2 is 1.10 bits per heavy atom. The molecular formula is C58H39N3O2. The summed E-state index contributed by atoms with van der Waals surface area (Å²) < 4.78 is 13.5. The SMILES string of the molecule is CN1C(C2C=Cc3ccccc3C2)=NC(c2ccc(-c3ccc(-c4cccc5ccccc45)c4oc5ccccc5c34)c3ccccc23)=NC1c1cccc2c1oc1ccccc12. The van der Waals surface area contributed by atoms with Gasteiger partial charge in [-0.05, 0) is 80.0 Å². The summed E-state index contributed by atoms with van der Waals surface area (Å²) in [7, 11) is 2.13. The van der Waals surface area contributed by atoms with Crippen molar-refractivity contribution in [1.29, 1.82) is 0 Å². The van der Waals surface area contributed by atoms with E-state index in [4.69, 9.17) is 18.8 Å². The summed E-state index contributed by atoms with van der Waals surface area (Å²) in [6.45, 7) is 0. The van der Waals surface area contributed by atoms with Crippen LogP contribution in [0, 0.1) is 5.92 Å². The fourth-order valence-electron chi connectivity index (χ4n) is 10.3. The zero-order chi connectivity index (χ0) is 41.6. The molecule has 2 unspecified atom stereocenters. The summed E-state index contributed by atoms with van der Waals surface area (Å²) in [5.74, 6) is 1.75. The number of benzene rings is 9. The first-order valence-corrected chi connectivity index (χ1v) is 21.7. The van der Waals surface area contributed by atoms with Gasteiger partial charge in [0.2, 0.25) is 0 Å². The minimum Gasteiger partial charge on any atom is -0.456 e. The molecular weight excluding hydrogens is 771 g/mol. The van der Waals surface area contributed by atoms with Gasteiger partial charge >= 0.3 is 0 Å². The summed E-state index contributed by atoms with van der Waals surface area (Å²) in [5, 5.41) is 9.00. The third-order valence-corrected chi connectivity index (χ3v) is 13.3. The number of furan rings is 2. The molecule has 298 valence electrons. The van der Waals surface area contributed by atoms with E-state index >= 15 is 0 Å². The van der Waals surface area contributed by atoms with Crippen molar-refractivity contribution in [3.63, 3.8) is 0 Å². The smallest absolute Gasteiger partial charge is 0.159 e. The molecule has 2 aliphatic rings. The van der Waals surface area contributed by atoms with Crippen molar-refractivity contribution >= 4 is 83.2 Å². The maximum atomic E-state index is 6.83. The molecule has 11 aromatic rings. The molecule has 9 aromatic carbocycles. The molecule has 2 aromatic heterocycles. The molecule has 0 saturated carbocycles. The third-order valence-electron chi connectivity index (χ3n) is 13.3. The standard InChI is InChI=1S/C58H39N3O2/c1-61-57(38-29-28-35-14-2-3-16-37(35)34-38)59-56(60-58(61)50-25-13-24-46-44-21-8-10-26-51(44)62-54(46)50)48-33-30-43(41-19-6-7-20-42(41)48)45-31-32-47(40-23-12-17-36-15-4-5-18-39(36)40)55-53(45)49-22-9-11-27-52(49)63-55/h2-33,38,58H,34H2,1H3. The quantitative estimate of drug-likeness (QED) is 0.174. The van der Waals surface area contributed by atoms with Crippen LogP contribution in [0.2, 0.25) is 0 Å². The minimum absolute atomic E-state index is 0.0567. The molecule has 0 bridgehead atoms. The predicted molar refractivity (Wildman–Crippen MR) is 260 cm³/mol. The Bertz CT molecular complexity index is 3770. The van der Waals surface area contributed by atoms with Crippen molar-refractivity contribution in [3.8, 4) is 22.3 Å². The number of nitrogens with zero attached hydrogens (tertiary/aromatic N) is 3. The Labute approximate surface area is 363 Å². The van der Waals surface area contributed by atoms with Crippen LogP contribution in [-0.4, -0.2) is 23.6 Å². The Morgan fingerprint density at radius 1 is 0.492 bits per heavy atom. The molecule has 0 N–H and O–H groups in total. The number of hydrogen-bond acceptors (Lipinski definition) is 5. The van der Waals surface area contributed by atoms with Gasteiger partial charge in [-0.1, -0.05) is 170 Å². The monoisotopic (exact) mass is 809 g/mol. The van der Waals surface area contributed by atoms with E-state index in [0.717, 1.165) is 100 Å². The number of amidine groups is 2. The third kappa shape index (κ3) is 5.56. The Balaban J connectivity index is 1.01. The summed E-state index contributed by atoms with van der Waals surface area (Å²) >= 11 is 0. The normalized spacial score (nSPS) is 16.4. The maximum absolute atomic E-state index is 6.83. The molecule has 0 fully saturated rings. The fourth-order valence-corrected chi connectivity index (χ4v) is 10.3. The van der Waals surface area contributed by atoms with Gasteiger partial charge in [0, 0.05) is 51.2 Å². The van der Waals surface area contributed by atoms with Crippen molar-refractivity contribution in [2.45, 2.75) is 12.6 Å². The van der Waals surface area contributed by atoms with E-state index in [1.807, 2.05) is 18.2 Å². The molecule has 5 heteroatoms. The number of para-hydroxylation sites is 3. The number of rotatable bonds is 5. The van der Waals surface area contributed by atoms with Crippen molar-refractivity contribution < 1.29 is 8.83 Å². The van der Waals surface area contributed by atoms with E-state index in [1.54, 1.807) is 0 Å². The second-order valence-corrected chi connectivity index (χ2v) is 16.8. The van der Waals surface area contributed by atoms with Gasteiger partial charge in [-0.15, -0.1) is 0 Å². The van der Waals surface area contributed by atoms with E-state index in [-0.39, 0.29) is 12.1 Å². The average molecular weight is 810 g/mol. The predicted octanol–water partition coefficient (Wildman–Crippen LogP) is 14.8. The first kappa shape index (κ1) is 35.7. The van der Waals surface area contributed by atoms with E-state index in [2.05, 4.69) is 188 Å². The van der Waals surface area contributed by atoms with Crippen LogP contribution < -0.4 is 0 Å². The van der Waals surface area contributed by atoms with Gasteiger partial charge in [-0.2, -0.15) is 0 Å². The summed E-state index contributed by atoms with van der Waals surface area (Å²) in [6, 6.07) is 64.5. The minimum atomic E-state index is -0.376. The lowest BCUT2D eigenvalue weighted by Crippen LogP contribution is -2.40. The Hall–Kier alpha value is -8.02. The van der Waals surface area contributed by atoms with Crippen LogP contribution in [0.5, 0.6) is 0 Å². The molecule has 13 rings (SSSR count). The average Bonchev–Trinajstić information content (AvgIpc) is 3.93. The first-order valence-electron chi connectivity index (χ1n) is 21.7. The number of hydrogen-bond donors (Lipinski definition) is 0. The fraction of sp³-hybridized carbons (Fsp3) is 0.0690. The summed E-state index contributed by atoms with van der Waals surface area (Å²) in [6.07, 6.45) is 5.03. The maximum Gasteiger partial charge on any atom is 0.159 e. The zero-order valence-corrected chi connectivity index (χ0v) is 34.5. The van der Waals surface area contributed by atoms with Crippen LogP contribution >= 0.6 is 0 Å². The second-order valence-electron chi connectivity index (χ2n) is 16.8. The van der Waals surface area contributed by atoms with E-state index in [1.165, 1.54) is 21.9 Å². The molecule has 63 heavy (non-hydrogen) atoms. The van der Waals surface area contributed by atoms with Crippen molar-refractivity contribution in [1.82, 2.24) is 4.90 Å². The van der Waals surface area contributed by atoms with Gasteiger partial charge in [-0.3, -0.25) is 0 Å². The van der Waals surface area contributed by atoms with Crippen molar-refractivity contribution in [3.05, 3.63) is 210 Å². The van der Waals surface area contributed by atoms with Crippen LogP contribution in [0.4, 0.5) is 0 Å². The highest BCUT2D eigenvalue weighted by atomic mass is 16.3. The van der Waals surface area contributed by atoms with Gasteiger partial charge in [0.1, 0.15) is 28.2 Å². The first-order chi connectivity index (χ1) is 31.2. The zero-order valence-electron chi connectivity index (χ0n) is 34.5. The van der Waals surface area contributed by atoms with E-state index in [9.17, 15) is 0 Å². The molecule has 0 saturated heterocycles. The molecule has 1 aliphatic carbocycles. The van der Waals surface area contributed by atoms with Crippen LogP contribution in [-0.2, 0) is 6.42 Å². The molecule has 0 radical (unpaired) electrons. The summed E-state index contributed by atoms with van der Waals surface area (Å²) in [4.78, 5) is 13.4. The molecule has 1 aliphatic heterocycles. The number of fused-ring (bicyclic) bond motifs is 9. The highest BCUT2D eigenvalue weighted by Crippen LogP contribution is 2.46. The lowest BCUT2D eigenvalue weighted by atomic mass is 9.87. The highest BCUT2D eigenvalue weighted by Gasteiger charge is 2.33. The van der Waals surface area contributed by atoms with Crippen LogP contribution in [0.15, 0.2) is 207 Å². The second kappa shape index (κ2) is 14.0. The van der Waals surface area contributed by atoms with Gasteiger partial charge in [0.15, 0.2) is 12.0 Å². The van der Waals surface area contributed by atoms with Crippen LogP contribution in [0.1, 0.15) is 28.4 Å². The molecule has 0 spiro atoms. The molecule has 0 amide bonds. The Morgan fingerprint density at radius 3 is 1.97 bits per heavy atom. The lowest BCUT2D eigenvalue weighted by molar-refractivity contribution is 0.365. The molecule has 3 heterocycles. The van der Waals surface area contributed by atoms with Crippen LogP contribution in [0.3, 0.4) is 0 Å². The van der Waals surface area contributed by atoms with Crippen molar-refractivity contribution in [2.24, 2.45) is 15.9 Å². The lowest BCUT2D eigenvalue weighted by Gasteiger charge is -2.36. The van der Waals surface area contributed by atoms with Gasteiger partial charge in [0.25, 0.3) is 0 Å². The van der Waals surface area contributed by atoms with E-state index in [0.29, 0.717) is 5.84 Å².